The van der Waals surface area contributed by atoms with Gasteiger partial charge in [-0.05, 0) is 78.7 Å². The van der Waals surface area contributed by atoms with Crippen molar-refractivity contribution >= 4 is 17.5 Å². The number of hydrogen-bond donors (Lipinski definition) is 1. The highest BCUT2D eigenvalue weighted by atomic mass is 35.5. The maximum absolute atomic E-state index is 13.6. The fourth-order valence-corrected chi connectivity index (χ4v) is 4.26. The Bertz CT molecular complexity index is 881. The molecule has 0 aromatic heterocycles. The van der Waals surface area contributed by atoms with E-state index in [1.165, 1.54) is 0 Å². The highest BCUT2D eigenvalue weighted by Crippen LogP contribution is 2.41. The van der Waals surface area contributed by atoms with Crippen molar-refractivity contribution in [3.63, 3.8) is 0 Å². The largest absolute Gasteiger partial charge is 0.385 e. The number of allylic oxidation sites excluding steroid dienone is 6. The third-order valence-corrected chi connectivity index (χ3v) is 6.76. The van der Waals surface area contributed by atoms with Crippen molar-refractivity contribution < 1.29 is 9.90 Å². The minimum Gasteiger partial charge on any atom is -0.385 e. The fraction of sp³-hybridized carbons (Fsp3) is 0.483. The lowest BCUT2D eigenvalue weighted by Crippen LogP contribution is -2.44. The van der Waals surface area contributed by atoms with Crippen LogP contribution in [0, 0.1) is 5.41 Å². The Morgan fingerprint density at radius 2 is 1.41 bits per heavy atom. The van der Waals surface area contributed by atoms with Crippen molar-refractivity contribution in [2.75, 3.05) is 34.2 Å². The minimum atomic E-state index is -0.959. The van der Waals surface area contributed by atoms with Gasteiger partial charge in [0, 0.05) is 25.7 Å². The molecule has 0 spiro atoms. The monoisotopic (exact) mass is 486 g/mol. The Morgan fingerprint density at radius 1 is 0.941 bits per heavy atom. The van der Waals surface area contributed by atoms with Crippen LogP contribution >= 0.6 is 11.6 Å². The zero-order chi connectivity index (χ0) is 25.9. The summed E-state index contributed by atoms with van der Waals surface area (Å²) >= 11 is 6.00. The van der Waals surface area contributed by atoms with Gasteiger partial charge in [0.15, 0.2) is 0 Å². The molecule has 1 rings (SSSR count). The average molecular weight is 487 g/mol. The first-order chi connectivity index (χ1) is 15.9. The average Bonchev–Trinajstić information content (AvgIpc) is 2.80. The van der Waals surface area contributed by atoms with E-state index in [4.69, 9.17) is 11.6 Å². The summed E-state index contributed by atoms with van der Waals surface area (Å²) < 4.78 is 0. The van der Waals surface area contributed by atoms with E-state index in [1.54, 1.807) is 17.0 Å². The molecule has 5 heteroatoms. The summed E-state index contributed by atoms with van der Waals surface area (Å²) in [6, 6.07) is 7.34. The van der Waals surface area contributed by atoms with Crippen molar-refractivity contribution in [2.24, 2.45) is 5.41 Å². The summed E-state index contributed by atoms with van der Waals surface area (Å²) in [6.07, 6.45) is 13.2. The number of carbonyl (C=O) groups excluding carboxylic acids is 1. The Morgan fingerprint density at radius 3 is 1.85 bits per heavy atom. The molecule has 0 heterocycles. The smallest absolute Gasteiger partial charge is 0.236 e. The third kappa shape index (κ3) is 7.97. The lowest BCUT2D eigenvalue weighted by molar-refractivity contribution is -0.136. The fourth-order valence-electron chi connectivity index (χ4n) is 4.13. The van der Waals surface area contributed by atoms with Crippen molar-refractivity contribution in [3.8, 4) is 0 Å². The van der Waals surface area contributed by atoms with Crippen molar-refractivity contribution in [3.05, 3.63) is 82.5 Å². The summed E-state index contributed by atoms with van der Waals surface area (Å²) in [4.78, 5) is 17.5. The molecule has 0 aliphatic rings. The normalized spacial score (nSPS) is 16.8. The van der Waals surface area contributed by atoms with Crippen LogP contribution in [0.2, 0.25) is 5.02 Å². The van der Waals surface area contributed by atoms with Crippen LogP contribution in [0.3, 0.4) is 0 Å². The molecule has 0 saturated carbocycles. The van der Waals surface area contributed by atoms with Crippen molar-refractivity contribution in [1.29, 1.82) is 0 Å². The second kappa shape index (κ2) is 13.7. The number of amides is 1. The molecule has 0 saturated heterocycles. The van der Waals surface area contributed by atoms with Crippen LogP contribution in [0.25, 0.3) is 0 Å². The molecule has 1 unspecified atom stereocenters. The third-order valence-electron chi connectivity index (χ3n) is 6.51. The SMILES string of the molecule is C/C=C\C=C(/C)C(CCN(C)CCC(C)(O)c1ccc(Cl)cc1)(C(=O)N(C)C)/C(C)=C/C=C\C. The van der Waals surface area contributed by atoms with Gasteiger partial charge >= 0.3 is 0 Å². The van der Waals surface area contributed by atoms with Gasteiger partial charge in [-0.15, -0.1) is 0 Å². The van der Waals surface area contributed by atoms with E-state index in [2.05, 4.69) is 4.90 Å². The van der Waals surface area contributed by atoms with Gasteiger partial charge in [-0.2, -0.15) is 0 Å². The highest BCUT2D eigenvalue weighted by Gasteiger charge is 2.42. The maximum atomic E-state index is 13.6. The van der Waals surface area contributed by atoms with Gasteiger partial charge in [0.1, 0.15) is 0 Å². The molecule has 0 bridgehead atoms. The van der Waals surface area contributed by atoms with Gasteiger partial charge in [-0.3, -0.25) is 4.79 Å². The first-order valence-corrected chi connectivity index (χ1v) is 12.3. The molecule has 1 N–H and O–H groups in total. The molecular weight excluding hydrogens is 444 g/mol. The van der Waals surface area contributed by atoms with Crippen LogP contribution in [0.15, 0.2) is 71.9 Å². The lowest BCUT2D eigenvalue weighted by Gasteiger charge is -2.38. The quantitative estimate of drug-likeness (QED) is 0.348. The van der Waals surface area contributed by atoms with Gasteiger partial charge in [0.2, 0.25) is 5.91 Å². The zero-order valence-corrected chi connectivity index (χ0v) is 23.0. The molecule has 0 aliphatic carbocycles. The van der Waals surface area contributed by atoms with E-state index in [9.17, 15) is 9.90 Å². The number of aliphatic hydroxyl groups is 1. The standard InChI is InChI=1S/C29H43ClN2O2/c1-9-11-13-23(3)29(27(33)31(6)7,24(4)14-12-10-2)20-22-32(8)21-19-28(5,34)25-15-17-26(30)18-16-25/h9-18,34H,19-22H2,1-8H3/b11-9-,12-10-,23-13+,24-14+. The van der Waals surface area contributed by atoms with E-state index in [-0.39, 0.29) is 5.91 Å². The molecule has 1 amide bonds. The lowest BCUT2D eigenvalue weighted by atomic mass is 9.70. The predicted octanol–water partition coefficient (Wildman–Crippen LogP) is 6.38. The van der Waals surface area contributed by atoms with Crippen LogP contribution < -0.4 is 0 Å². The predicted molar refractivity (Wildman–Crippen MR) is 146 cm³/mol. The molecule has 1 aromatic rings. The summed E-state index contributed by atoms with van der Waals surface area (Å²) in [5.74, 6) is 0.0746. The highest BCUT2D eigenvalue weighted by molar-refractivity contribution is 6.30. The molecule has 0 fully saturated rings. The molecule has 1 atom stereocenters. The van der Waals surface area contributed by atoms with E-state index in [0.717, 1.165) is 16.7 Å². The number of rotatable bonds is 12. The zero-order valence-electron chi connectivity index (χ0n) is 22.2. The number of benzene rings is 1. The second-order valence-electron chi connectivity index (χ2n) is 9.44. The van der Waals surface area contributed by atoms with Crippen LogP contribution in [-0.2, 0) is 10.4 Å². The first-order valence-electron chi connectivity index (χ1n) is 11.9. The Balaban J connectivity index is 3.17. The number of carbonyl (C=O) groups is 1. The van der Waals surface area contributed by atoms with Crippen LogP contribution in [0.1, 0.15) is 53.0 Å². The summed E-state index contributed by atoms with van der Waals surface area (Å²) in [5, 5.41) is 11.7. The van der Waals surface area contributed by atoms with Gasteiger partial charge in [-0.25, -0.2) is 0 Å². The Kier molecular flexibility index (Phi) is 12.0. The van der Waals surface area contributed by atoms with E-state index < -0.39 is 11.0 Å². The maximum Gasteiger partial charge on any atom is 0.236 e. The van der Waals surface area contributed by atoms with Crippen LogP contribution in [0.4, 0.5) is 0 Å². The van der Waals surface area contributed by atoms with Gasteiger partial charge in [-0.1, -0.05) is 71.3 Å². The second-order valence-corrected chi connectivity index (χ2v) is 9.88. The van der Waals surface area contributed by atoms with Gasteiger partial charge in [0.05, 0.1) is 11.0 Å². The summed E-state index contributed by atoms with van der Waals surface area (Å²) in [6.45, 7) is 11.3. The molecule has 0 aliphatic heterocycles. The van der Waals surface area contributed by atoms with E-state index in [0.29, 0.717) is 31.0 Å². The van der Waals surface area contributed by atoms with Crippen LogP contribution in [0.5, 0.6) is 0 Å². The van der Waals surface area contributed by atoms with E-state index >= 15 is 0 Å². The Labute approximate surface area is 212 Å². The van der Waals surface area contributed by atoms with Gasteiger partial charge < -0.3 is 14.9 Å². The first kappa shape index (κ1) is 29.9. The van der Waals surface area contributed by atoms with Crippen molar-refractivity contribution in [1.82, 2.24) is 9.80 Å². The molecule has 4 nitrogen and oxygen atoms in total. The number of nitrogens with zero attached hydrogens (tertiary/aromatic N) is 2. The molecule has 1 aromatic carbocycles. The van der Waals surface area contributed by atoms with Crippen LogP contribution in [-0.4, -0.2) is 55.0 Å². The molecule has 0 radical (unpaired) electrons. The van der Waals surface area contributed by atoms with Gasteiger partial charge in [0.25, 0.3) is 0 Å². The summed E-state index contributed by atoms with van der Waals surface area (Å²) in [5.41, 5.74) is 1.18. The molecular formula is C29H43ClN2O2. The number of hydrogen-bond acceptors (Lipinski definition) is 3. The molecule has 34 heavy (non-hydrogen) atoms. The van der Waals surface area contributed by atoms with E-state index in [1.807, 2.05) is 104 Å². The minimum absolute atomic E-state index is 0.0746. The molecule has 188 valence electrons. The Hall–Kier alpha value is -2.14. The summed E-state index contributed by atoms with van der Waals surface area (Å²) in [7, 11) is 5.67. The topological polar surface area (TPSA) is 43.8 Å². The van der Waals surface area contributed by atoms with Crippen molar-refractivity contribution in [2.45, 2.75) is 53.1 Å². The number of halogens is 1.